The highest BCUT2D eigenvalue weighted by atomic mass is 16.2. The summed E-state index contributed by atoms with van der Waals surface area (Å²) in [6, 6.07) is 16.9. The van der Waals surface area contributed by atoms with Crippen LogP contribution in [-0.4, -0.2) is 76.9 Å². The topological polar surface area (TPSA) is 86.7 Å². The zero-order valence-corrected chi connectivity index (χ0v) is 25.3. The van der Waals surface area contributed by atoms with E-state index in [1.807, 2.05) is 90.8 Å². The number of nitrogens with one attached hydrogen (secondary N) is 2. The highest BCUT2D eigenvalue weighted by Gasteiger charge is 2.41. The minimum atomic E-state index is -0.669. The second-order valence-corrected chi connectivity index (χ2v) is 12.3. The Morgan fingerprint density at radius 1 is 1.05 bits per heavy atom. The van der Waals surface area contributed by atoms with Crippen molar-refractivity contribution in [2.45, 2.75) is 65.1 Å². The maximum Gasteiger partial charge on any atom is 0.256 e. The second kappa shape index (κ2) is 12.9. The van der Waals surface area contributed by atoms with Crippen molar-refractivity contribution < 1.29 is 14.4 Å². The number of para-hydroxylation sites is 1. The Balaban J connectivity index is 1.60. The van der Waals surface area contributed by atoms with Gasteiger partial charge >= 0.3 is 0 Å². The molecule has 0 radical (unpaired) electrons. The molecule has 3 aromatic rings. The number of amides is 3. The molecular weight excluding hydrogens is 514 g/mol. The molecule has 1 aliphatic rings. The SMILES string of the molecule is CN[C@@H](C)C(=O)N[C@H](C(=O)N1CCC[C@H]1CN(CCc1ccccc1)C(=O)c1cn(C)c2ccccc12)C(C)(C)C. The molecule has 0 saturated carbocycles. The fourth-order valence-electron chi connectivity index (χ4n) is 5.65. The van der Waals surface area contributed by atoms with E-state index in [4.69, 9.17) is 0 Å². The van der Waals surface area contributed by atoms with Crippen LogP contribution >= 0.6 is 0 Å². The van der Waals surface area contributed by atoms with Crippen LogP contribution in [0.3, 0.4) is 0 Å². The number of carbonyl (C=O) groups excluding carboxylic acids is 3. The predicted octanol–water partition coefficient (Wildman–Crippen LogP) is 3.99. The number of rotatable bonds is 10. The summed E-state index contributed by atoms with van der Waals surface area (Å²) >= 11 is 0. The van der Waals surface area contributed by atoms with E-state index in [0.29, 0.717) is 25.2 Å². The van der Waals surface area contributed by atoms with Gasteiger partial charge in [0.25, 0.3) is 5.91 Å². The van der Waals surface area contributed by atoms with Crippen LogP contribution in [0.25, 0.3) is 10.9 Å². The predicted molar refractivity (Wildman–Crippen MR) is 164 cm³/mol. The molecule has 3 atom stereocenters. The first-order valence-corrected chi connectivity index (χ1v) is 14.7. The average molecular weight is 560 g/mol. The Bertz CT molecular complexity index is 1360. The summed E-state index contributed by atoms with van der Waals surface area (Å²) in [6.45, 7) is 9.30. The van der Waals surface area contributed by atoms with Crippen LogP contribution in [0, 0.1) is 5.41 Å². The quantitative estimate of drug-likeness (QED) is 0.393. The van der Waals surface area contributed by atoms with Gasteiger partial charge < -0.3 is 25.0 Å². The first-order chi connectivity index (χ1) is 19.5. The Morgan fingerprint density at radius 2 is 1.73 bits per heavy atom. The molecule has 41 heavy (non-hydrogen) atoms. The van der Waals surface area contributed by atoms with Gasteiger partial charge in [0.1, 0.15) is 6.04 Å². The van der Waals surface area contributed by atoms with Crippen molar-refractivity contribution >= 4 is 28.6 Å². The average Bonchev–Trinajstić information content (AvgIpc) is 3.56. The van der Waals surface area contributed by atoms with Crippen LogP contribution in [0.2, 0.25) is 0 Å². The maximum absolute atomic E-state index is 14.1. The van der Waals surface area contributed by atoms with Gasteiger partial charge in [0.15, 0.2) is 0 Å². The zero-order valence-electron chi connectivity index (χ0n) is 25.3. The van der Waals surface area contributed by atoms with E-state index in [1.165, 1.54) is 0 Å². The summed E-state index contributed by atoms with van der Waals surface area (Å²) in [4.78, 5) is 44.8. The number of hydrogen-bond acceptors (Lipinski definition) is 4. The van der Waals surface area contributed by atoms with Gasteiger partial charge in [-0.3, -0.25) is 14.4 Å². The minimum absolute atomic E-state index is 0.0273. The summed E-state index contributed by atoms with van der Waals surface area (Å²) in [7, 11) is 3.69. The van der Waals surface area contributed by atoms with E-state index < -0.39 is 17.5 Å². The number of aryl methyl sites for hydroxylation is 1. The zero-order chi connectivity index (χ0) is 29.7. The third-order valence-corrected chi connectivity index (χ3v) is 8.25. The molecule has 1 saturated heterocycles. The monoisotopic (exact) mass is 559 g/mol. The summed E-state index contributed by atoms with van der Waals surface area (Å²) in [5.41, 5.74) is 2.37. The normalized spacial score (nSPS) is 16.9. The van der Waals surface area contributed by atoms with E-state index in [9.17, 15) is 14.4 Å². The fraction of sp³-hybridized carbons (Fsp3) is 0.485. The van der Waals surface area contributed by atoms with Gasteiger partial charge in [-0.05, 0) is 50.3 Å². The Kier molecular flexibility index (Phi) is 9.53. The lowest BCUT2D eigenvalue weighted by Gasteiger charge is -2.37. The molecule has 2 N–H and O–H groups in total. The molecule has 220 valence electrons. The summed E-state index contributed by atoms with van der Waals surface area (Å²) in [5.74, 6) is -0.315. The first kappa shape index (κ1) is 30.3. The van der Waals surface area contributed by atoms with Gasteiger partial charge in [0, 0.05) is 49.8 Å². The smallest absolute Gasteiger partial charge is 0.256 e. The van der Waals surface area contributed by atoms with E-state index in [-0.39, 0.29) is 23.8 Å². The largest absolute Gasteiger partial charge is 0.350 e. The molecule has 2 aromatic carbocycles. The van der Waals surface area contributed by atoms with Gasteiger partial charge in [-0.15, -0.1) is 0 Å². The molecule has 8 nitrogen and oxygen atoms in total. The van der Waals surface area contributed by atoms with Crippen molar-refractivity contribution in [3.63, 3.8) is 0 Å². The summed E-state index contributed by atoms with van der Waals surface area (Å²) < 4.78 is 1.99. The van der Waals surface area contributed by atoms with Crippen molar-refractivity contribution in [3.8, 4) is 0 Å². The molecule has 8 heteroatoms. The molecule has 4 rings (SSSR count). The fourth-order valence-corrected chi connectivity index (χ4v) is 5.65. The van der Waals surface area contributed by atoms with Crippen molar-refractivity contribution in [2.75, 3.05) is 26.7 Å². The van der Waals surface area contributed by atoms with Crippen molar-refractivity contribution in [2.24, 2.45) is 12.5 Å². The Morgan fingerprint density at radius 3 is 2.41 bits per heavy atom. The van der Waals surface area contributed by atoms with Gasteiger partial charge in [0.2, 0.25) is 11.8 Å². The third kappa shape index (κ3) is 6.99. The van der Waals surface area contributed by atoms with Crippen LogP contribution in [0.1, 0.15) is 56.5 Å². The van der Waals surface area contributed by atoms with Gasteiger partial charge in [-0.25, -0.2) is 0 Å². The lowest BCUT2D eigenvalue weighted by Crippen LogP contribution is -2.59. The Labute approximate surface area is 244 Å². The molecule has 0 spiro atoms. The molecule has 3 amide bonds. The van der Waals surface area contributed by atoms with Crippen LogP contribution in [0.5, 0.6) is 0 Å². The molecule has 0 bridgehead atoms. The van der Waals surface area contributed by atoms with Crippen LogP contribution in [0.4, 0.5) is 0 Å². The van der Waals surface area contributed by atoms with E-state index in [0.717, 1.165) is 35.7 Å². The van der Waals surface area contributed by atoms with Gasteiger partial charge in [-0.1, -0.05) is 69.3 Å². The van der Waals surface area contributed by atoms with Crippen molar-refractivity contribution in [1.29, 1.82) is 0 Å². The number of hydrogen-bond donors (Lipinski definition) is 2. The molecule has 1 fully saturated rings. The van der Waals surface area contributed by atoms with Gasteiger partial charge in [0.05, 0.1) is 11.6 Å². The standard InChI is InChI=1S/C33H45N5O3/c1-23(34-5)30(39)35-29(33(2,3)4)32(41)38-19-12-15-25(38)21-37(20-18-24-13-8-7-9-14-24)31(40)27-22-36(6)28-17-11-10-16-26(27)28/h7-11,13-14,16-17,22-23,25,29,34H,12,15,18-21H2,1-6H3,(H,35,39)/t23-,25-,29+/m0/s1. The highest BCUT2D eigenvalue weighted by molar-refractivity contribution is 6.07. The molecule has 2 heterocycles. The van der Waals surface area contributed by atoms with Crippen LogP contribution < -0.4 is 10.6 Å². The van der Waals surface area contributed by atoms with Crippen LogP contribution in [0.15, 0.2) is 60.8 Å². The van der Waals surface area contributed by atoms with Crippen LogP contribution in [-0.2, 0) is 23.1 Å². The molecule has 1 aromatic heterocycles. The number of benzene rings is 2. The van der Waals surface area contributed by atoms with Crippen molar-refractivity contribution in [1.82, 2.24) is 25.0 Å². The first-order valence-electron chi connectivity index (χ1n) is 14.7. The summed E-state index contributed by atoms with van der Waals surface area (Å²) in [5, 5.41) is 6.88. The third-order valence-electron chi connectivity index (χ3n) is 8.25. The number of fused-ring (bicyclic) bond motifs is 1. The highest BCUT2D eigenvalue weighted by Crippen LogP contribution is 2.28. The van der Waals surface area contributed by atoms with Gasteiger partial charge in [-0.2, -0.15) is 0 Å². The number of carbonyl (C=O) groups is 3. The number of nitrogens with zero attached hydrogens (tertiary/aromatic N) is 3. The molecular formula is C33H45N5O3. The molecule has 0 aliphatic carbocycles. The number of aromatic nitrogens is 1. The second-order valence-electron chi connectivity index (χ2n) is 12.3. The van der Waals surface area contributed by atoms with E-state index in [1.54, 1.807) is 14.0 Å². The Hall–Kier alpha value is -3.65. The molecule has 0 unspecified atom stereocenters. The summed E-state index contributed by atoms with van der Waals surface area (Å²) in [6.07, 6.45) is 4.31. The van der Waals surface area contributed by atoms with E-state index >= 15 is 0 Å². The maximum atomic E-state index is 14.1. The minimum Gasteiger partial charge on any atom is -0.350 e. The number of likely N-dealkylation sites (N-methyl/N-ethyl adjacent to an activating group) is 1. The lowest BCUT2D eigenvalue weighted by molar-refractivity contribution is -0.140. The number of likely N-dealkylation sites (tertiary alicyclic amines) is 1. The van der Waals surface area contributed by atoms with E-state index in [2.05, 4.69) is 22.8 Å². The molecule has 1 aliphatic heterocycles. The lowest BCUT2D eigenvalue weighted by atomic mass is 9.85. The van der Waals surface area contributed by atoms with Crippen molar-refractivity contribution in [3.05, 3.63) is 71.9 Å².